The quantitative estimate of drug-likeness (QED) is 0.907. The lowest BCUT2D eigenvalue weighted by Gasteiger charge is -2.36. The summed E-state index contributed by atoms with van der Waals surface area (Å²) in [6, 6.07) is 1.81. The zero-order chi connectivity index (χ0) is 18.0. The summed E-state index contributed by atoms with van der Waals surface area (Å²) in [6.07, 6.45) is 5.37. The molecule has 1 aromatic heterocycles. The number of aryl methyl sites for hydroxylation is 2. The first-order valence-corrected chi connectivity index (χ1v) is 9.26. The van der Waals surface area contributed by atoms with Gasteiger partial charge in [-0.2, -0.15) is 0 Å². The highest BCUT2D eigenvalue weighted by Gasteiger charge is 2.30. The molecule has 0 unspecified atom stereocenters. The lowest BCUT2D eigenvalue weighted by atomic mass is 9.97. The number of rotatable bonds is 4. The molecule has 1 atom stereocenters. The number of piperidine rings is 1. The smallest absolute Gasteiger partial charge is 0.261 e. The Morgan fingerprint density at radius 1 is 1.20 bits per heavy atom. The van der Waals surface area contributed by atoms with E-state index in [0.717, 1.165) is 49.9 Å². The Bertz CT molecular complexity index is 725. The Labute approximate surface area is 148 Å². The number of nitrogens with zero attached hydrogens (tertiary/aromatic N) is 2. The number of aromatic amines is 1. The van der Waals surface area contributed by atoms with Crippen LogP contribution in [-0.4, -0.2) is 52.3 Å². The predicted octanol–water partition coefficient (Wildman–Crippen LogP) is 2.00. The standard InChI is InChI=1S/C19H27N3O3/c1-13-12-16(18(24)20-14(13)2)19(25)22-10-4-3-6-15(22)8-11-21-9-5-7-17(21)23/h12,15H,3-11H2,1-2H3,(H,20,24)/t15-/m0/s1. The van der Waals surface area contributed by atoms with Gasteiger partial charge in [-0.3, -0.25) is 14.4 Å². The molecule has 2 saturated heterocycles. The first kappa shape index (κ1) is 17.7. The topological polar surface area (TPSA) is 73.5 Å². The van der Waals surface area contributed by atoms with E-state index in [2.05, 4.69) is 4.98 Å². The van der Waals surface area contributed by atoms with Crippen molar-refractivity contribution < 1.29 is 9.59 Å². The van der Waals surface area contributed by atoms with Crippen LogP contribution < -0.4 is 5.56 Å². The summed E-state index contributed by atoms with van der Waals surface area (Å²) in [5.41, 5.74) is 1.63. The SMILES string of the molecule is Cc1cc(C(=O)N2CCCC[C@H]2CCN2CCCC2=O)c(=O)[nH]c1C. The second-order valence-corrected chi connectivity index (χ2v) is 7.24. The maximum absolute atomic E-state index is 13.0. The van der Waals surface area contributed by atoms with Crippen molar-refractivity contribution in [2.45, 2.75) is 58.4 Å². The van der Waals surface area contributed by atoms with Crippen LogP contribution in [0.2, 0.25) is 0 Å². The minimum Gasteiger partial charge on any atom is -0.343 e. The van der Waals surface area contributed by atoms with Gasteiger partial charge in [0.05, 0.1) is 0 Å². The lowest BCUT2D eigenvalue weighted by Crippen LogP contribution is -2.46. The number of amides is 2. The second kappa shape index (κ2) is 7.42. The molecule has 6 heteroatoms. The van der Waals surface area contributed by atoms with Gasteiger partial charge in [-0.05, 0) is 57.6 Å². The van der Waals surface area contributed by atoms with E-state index < -0.39 is 0 Å². The minimum absolute atomic E-state index is 0.107. The fourth-order valence-corrected chi connectivity index (χ4v) is 3.85. The molecule has 2 amide bonds. The average Bonchev–Trinajstić information content (AvgIpc) is 3.01. The molecule has 3 rings (SSSR count). The molecule has 0 aliphatic carbocycles. The molecule has 1 aromatic rings. The monoisotopic (exact) mass is 345 g/mol. The third-order valence-electron chi connectivity index (χ3n) is 5.52. The number of H-pyrrole nitrogens is 1. The van der Waals surface area contributed by atoms with Gasteiger partial charge in [0.25, 0.3) is 11.5 Å². The maximum atomic E-state index is 13.0. The van der Waals surface area contributed by atoms with Crippen LogP contribution in [0, 0.1) is 13.8 Å². The Kier molecular flexibility index (Phi) is 5.25. The molecule has 136 valence electrons. The van der Waals surface area contributed by atoms with Gasteiger partial charge in [0.15, 0.2) is 0 Å². The molecule has 25 heavy (non-hydrogen) atoms. The van der Waals surface area contributed by atoms with Crippen LogP contribution in [0.5, 0.6) is 0 Å². The van der Waals surface area contributed by atoms with Crippen molar-refractivity contribution in [3.63, 3.8) is 0 Å². The van der Waals surface area contributed by atoms with E-state index >= 15 is 0 Å². The number of carbonyl (C=O) groups is 2. The second-order valence-electron chi connectivity index (χ2n) is 7.24. The van der Waals surface area contributed by atoms with Crippen molar-refractivity contribution in [2.75, 3.05) is 19.6 Å². The third-order valence-corrected chi connectivity index (χ3v) is 5.52. The fraction of sp³-hybridized carbons (Fsp3) is 0.632. The summed E-state index contributed by atoms with van der Waals surface area (Å²) >= 11 is 0. The van der Waals surface area contributed by atoms with Gasteiger partial charge in [0.2, 0.25) is 5.91 Å². The normalized spacial score (nSPS) is 21.0. The molecule has 2 aliphatic rings. The minimum atomic E-state index is -0.313. The first-order valence-electron chi connectivity index (χ1n) is 9.26. The predicted molar refractivity (Wildman–Crippen MR) is 95.6 cm³/mol. The van der Waals surface area contributed by atoms with Crippen LogP contribution in [0.4, 0.5) is 0 Å². The summed E-state index contributed by atoms with van der Waals surface area (Å²) in [7, 11) is 0. The van der Waals surface area contributed by atoms with E-state index in [1.807, 2.05) is 23.6 Å². The van der Waals surface area contributed by atoms with Gasteiger partial charge in [-0.1, -0.05) is 0 Å². The van der Waals surface area contributed by atoms with Gasteiger partial charge in [-0.25, -0.2) is 0 Å². The molecular formula is C19H27N3O3. The molecule has 0 aromatic carbocycles. The van der Waals surface area contributed by atoms with Crippen molar-refractivity contribution in [3.8, 4) is 0 Å². The van der Waals surface area contributed by atoms with Crippen molar-refractivity contribution >= 4 is 11.8 Å². The van der Waals surface area contributed by atoms with Crippen molar-refractivity contribution in [1.29, 1.82) is 0 Å². The molecule has 0 saturated carbocycles. The molecule has 0 spiro atoms. The molecule has 1 N–H and O–H groups in total. The van der Waals surface area contributed by atoms with E-state index in [1.54, 1.807) is 6.07 Å². The van der Waals surface area contributed by atoms with Gasteiger partial charge in [0.1, 0.15) is 5.56 Å². The summed E-state index contributed by atoms with van der Waals surface area (Å²) in [6.45, 7) is 5.95. The first-order chi connectivity index (χ1) is 12.0. The summed E-state index contributed by atoms with van der Waals surface area (Å²) in [5.74, 6) is 0.0427. The Balaban J connectivity index is 1.74. The van der Waals surface area contributed by atoms with Crippen molar-refractivity contribution in [3.05, 3.63) is 33.2 Å². The zero-order valence-corrected chi connectivity index (χ0v) is 15.1. The number of aromatic nitrogens is 1. The van der Waals surface area contributed by atoms with Gasteiger partial charge in [-0.15, -0.1) is 0 Å². The van der Waals surface area contributed by atoms with Crippen molar-refractivity contribution in [2.24, 2.45) is 0 Å². The number of hydrogen-bond acceptors (Lipinski definition) is 3. The molecular weight excluding hydrogens is 318 g/mol. The van der Waals surface area contributed by atoms with E-state index in [4.69, 9.17) is 0 Å². The largest absolute Gasteiger partial charge is 0.343 e. The van der Waals surface area contributed by atoms with Crippen molar-refractivity contribution in [1.82, 2.24) is 14.8 Å². The van der Waals surface area contributed by atoms with Crippen LogP contribution in [-0.2, 0) is 4.79 Å². The summed E-state index contributed by atoms with van der Waals surface area (Å²) in [5, 5.41) is 0. The van der Waals surface area contributed by atoms with Gasteiger partial charge < -0.3 is 14.8 Å². The van der Waals surface area contributed by atoms with Crippen LogP contribution >= 0.6 is 0 Å². The maximum Gasteiger partial charge on any atom is 0.261 e. The van der Waals surface area contributed by atoms with Crippen LogP contribution in [0.3, 0.4) is 0 Å². The summed E-state index contributed by atoms with van der Waals surface area (Å²) < 4.78 is 0. The molecule has 6 nitrogen and oxygen atoms in total. The Hall–Kier alpha value is -2.11. The number of nitrogens with one attached hydrogen (secondary N) is 1. The molecule has 2 fully saturated rings. The van der Waals surface area contributed by atoms with E-state index in [-0.39, 0.29) is 29.0 Å². The number of pyridine rings is 1. The zero-order valence-electron chi connectivity index (χ0n) is 15.1. The van der Waals surface area contributed by atoms with Crippen LogP contribution in [0.25, 0.3) is 0 Å². The highest BCUT2D eigenvalue weighted by Crippen LogP contribution is 2.23. The van der Waals surface area contributed by atoms with Crippen LogP contribution in [0.1, 0.15) is 60.1 Å². The fourth-order valence-electron chi connectivity index (χ4n) is 3.85. The molecule has 3 heterocycles. The number of carbonyl (C=O) groups excluding carboxylic acids is 2. The third kappa shape index (κ3) is 3.78. The lowest BCUT2D eigenvalue weighted by molar-refractivity contribution is -0.127. The van der Waals surface area contributed by atoms with E-state index in [1.165, 1.54) is 0 Å². The molecule has 0 radical (unpaired) electrons. The van der Waals surface area contributed by atoms with Gasteiger partial charge >= 0.3 is 0 Å². The summed E-state index contributed by atoms with van der Waals surface area (Å²) in [4.78, 5) is 43.5. The highest BCUT2D eigenvalue weighted by atomic mass is 16.2. The highest BCUT2D eigenvalue weighted by molar-refractivity contribution is 5.94. The molecule has 2 aliphatic heterocycles. The van der Waals surface area contributed by atoms with Gasteiger partial charge in [0, 0.05) is 37.8 Å². The Morgan fingerprint density at radius 3 is 2.72 bits per heavy atom. The Morgan fingerprint density at radius 2 is 2.00 bits per heavy atom. The van der Waals surface area contributed by atoms with E-state index in [9.17, 15) is 14.4 Å². The number of hydrogen-bond donors (Lipinski definition) is 1. The number of likely N-dealkylation sites (tertiary alicyclic amines) is 2. The van der Waals surface area contributed by atoms with Crippen LogP contribution in [0.15, 0.2) is 10.9 Å². The van der Waals surface area contributed by atoms with E-state index in [0.29, 0.717) is 19.5 Å². The molecule has 0 bridgehead atoms. The average molecular weight is 345 g/mol.